The van der Waals surface area contributed by atoms with Gasteiger partial charge in [0.15, 0.2) is 5.15 Å². The molecule has 0 bridgehead atoms. The molecule has 130 valence electrons. The van der Waals surface area contributed by atoms with E-state index in [0.717, 1.165) is 11.3 Å². The lowest BCUT2D eigenvalue weighted by molar-refractivity contribution is -0.133. The van der Waals surface area contributed by atoms with Crippen LogP contribution in [0.2, 0.25) is 5.15 Å². The lowest BCUT2D eigenvalue weighted by Gasteiger charge is -2.22. The number of nitrogens with zero attached hydrogens (tertiary/aromatic N) is 2. The maximum absolute atomic E-state index is 12.5. The van der Waals surface area contributed by atoms with Crippen LogP contribution in [0.15, 0.2) is 18.3 Å². The fourth-order valence-corrected chi connectivity index (χ4v) is 2.62. The van der Waals surface area contributed by atoms with Crippen LogP contribution in [0, 0.1) is 5.92 Å². The first-order valence-corrected chi connectivity index (χ1v) is 8.15. The molecule has 2 heterocycles. The van der Waals surface area contributed by atoms with Crippen LogP contribution in [0.5, 0.6) is 0 Å². The molecule has 1 atom stereocenters. The molecule has 0 aliphatic carbocycles. The van der Waals surface area contributed by atoms with Crippen molar-refractivity contribution in [2.45, 2.75) is 39.2 Å². The lowest BCUT2D eigenvalue weighted by Crippen LogP contribution is -2.44. The van der Waals surface area contributed by atoms with Gasteiger partial charge in [-0.25, -0.2) is 9.78 Å². The predicted octanol–water partition coefficient (Wildman–Crippen LogP) is 2.42. The van der Waals surface area contributed by atoms with Crippen molar-refractivity contribution < 1.29 is 14.4 Å². The summed E-state index contributed by atoms with van der Waals surface area (Å²) in [6.07, 6.45) is 2.82. The Morgan fingerprint density at radius 1 is 1.46 bits per heavy atom. The number of rotatable bonds is 6. The van der Waals surface area contributed by atoms with Crippen molar-refractivity contribution in [1.82, 2.24) is 15.2 Å². The van der Waals surface area contributed by atoms with Gasteiger partial charge >= 0.3 is 6.03 Å². The number of pyridine rings is 1. The van der Waals surface area contributed by atoms with Crippen molar-refractivity contribution in [2.75, 3.05) is 11.9 Å². The smallest absolute Gasteiger partial charge is 0.323 e. The second kappa shape index (κ2) is 7.17. The molecule has 0 unspecified atom stereocenters. The van der Waals surface area contributed by atoms with Crippen LogP contribution < -0.4 is 10.6 Å². The van der Waals surface area contributed by atoms with Crippen LogP contribution in [0.25, 0.3) is 0 Å². The average Bonchev–Trinajstić information content (AvgIpc) is 2.72. The zero-order chi connectivity index (χ0) is 17.9. The van der Waals surface area contributed by atoms with Crippen molar-refractivity contribution in [1.29, 1.82) is 0 Å². The Morgan fingerprint density at radius 3 is 2.79 bits per heavy atom. The van der Waals surface area contributed by atoms with Gasteiger partial charge in [0.2, 0.25) is 5.91 Å². The maximum atomic E-state index is 12.5. The molecule has 1 aromatic rings. The zero-order valence-electron chi connectivity index (χ0n) is 13.9. The Balaban J connectivity index is 2.02. The van der Waals surface area contributed by atoms with Crippen molar-refractivity contribution in [3.63, 3.8) is 0 Å². The molecule has 7 nitrogen and oxygen atoms in total. The van der Waals surface area contributed by atoms with E-state index in [9.17, 15) is 14.4 Å². The largest absolute Gasteiger partial charge is 0.325 e. The van der Waals surface area contributed by atoms with Crippen molar-refractivity contribution in [2.24, 2.45) is 5.92 Å². The Morgan fingerprint density at radius 2 is 2.17 bits per heavy atom. The minimum atomic E-state index is -0.965. The van der Waals surface area contributed by atoms with E-state index < -0.39 is 17.5 Å². The number of anilines is 1. The molecule has 24 heavy (non-hydrogen) atoms. The molecule has 0 aromatic carbocycles. The third-order valence-electron chi connectivity index (χ3n) is 3.90. The van der Waals surface area contributed by atoms with E-state index >= 15 is 0 Å². The molecule has 0 saturated carbocycles. The normalized spacial score (nSPS) is 20.5. The molecule has 2 N–H and O–H groups in total. The summed E-state index contributed by atoms with van der Waals surface area (Å²) >= 11 is 5.87. The first kappa shape index (κ1) is 18.2. The minimum Gasteiger partial charge on any atom is -0.323 e. The third-order valence-corrected chi connectivity index (χ3v) is 4.20. The highest BCUT2D eigenvalue weighted by molar-refractivity contribution is 6.32. The summed E-state index contributed by atoms with van der Waals surface area (Å²) in [5.74, 6) is -0.487. The summed E-state index contributed by atoms with van der Waals surface area (Å²) in [5.41, 5.74) is -0.632. The third kappa shape index (κ3) is 4.03. The van der Waals surface area contributed by atoms with Crippen LogP contribution in [0.4, 0.5) is 10.5 Å². The summed E-state index contributed by atoms with van der Waals surface area (Å²) in [7, 11) is 0. The number of urea groups is 1. The number of nitrogens with one attached hydrogen (secondary N) is 2. The van der Waals surface area contributed by atoms with E-state index in [1.54, 1.807) is 19.1 Å². The van der Waals surface area contributed by atoms with Gasteiger partial charge in [-0.3, -0.25) is 14.5 Å². The van der Waals surface area contributed by atoms with Gasteiger partial charge in [0.1, 0.15) is 12.1 Å². The summed E-state index contributed by atoms with van der Waals surface area (Å²) in [4.78, 5) is 41.5. The fourth-order valence-electron chi connectivity index (χ4n) is 2.45. The molecule has 0 radical (unpaired) electrons. The van der Waals surface area contributed by atoms with Gasteiger partial charge in [-0.1, -0.05) is 25.4 Å². The molecule has 1 aliphatic rings. The zero-order valence-corrected chi connectivity index (χ0v) is 14.7. The molecule has 2 rings (SSSR count). The van der Waals surface area contributed by atoms with E-state index in [0.29, 0.717) is 18.0 Å². The SMILES string of the molecule is CC(C)CC[C@@]1(C)NC(=O)N(CC(=O)Nc2cccnc2Cl)C1=O. The number of amides is 4. The van der Waals surface area contributed by atoms with Gasteiger partial charge < -0.3 is 10.6 Å². The van der Waals surface area contributed by atoms with Gasteiger partial charge in [0.25, 0.3) is 5.91 Å². The molecule has 1 aromatic heterocycles. The Bertz CT molecular complexity index is 664. The van der Waals surface area contributed by atoms with Gasteiger partial charge in [-0.05, 0) is 37.8 Å². The molecule has 0 spiro atoms. The van der Waals surface area contributed by atoms with Crippen molar-refractivity contribution >= 4 is 35.1 Å². The van der Waals surface area contributed by atoms with Gasteiger partial charge in [0, 0.05) is 6.20 Å². The van der Waals surface area contributed by atoms with E-state index in [1.807, 2.05) is 13.8 Å². The Hall–Kier alpha value is -2.15. The molecule has 1 fully saturated rings. The number of imide groups is 1. The second-order valence-corrected chi connectivity index (χ2v) is 6.83. The Kier molecular flexibility index (Phi) is 5.43. The van der Waals surface area contributed by atoms with E-state index in [2.05, 4.69) is 15.6 Å². The molecule has 4 amide bonds. The number of hydrogen-bond donors (Lipinski definition) is 2. The number of carbonyl (C=O) groups is 3. The summed E-state index contributed by atoms with van der Waals surface area (Å²) in [6.45, 7) is 5.42. The van der Waals surface area contributed by atoms with Crippen LogP contribution in [-0.2, 0) is 9.59 Å². The standard InChI is InChI=1S/C16H21ClN4O3/c1-10(2)6-7-16(3)14(23)21(15(24)20-16)9-12(22)19-11-5-4-8-18-13(11)17/h4-5,8,10H,6-7,9H2,1-3H3,(H,19,22)(H,20,24)/t16-/m1/s1. The van der Waals surface area contributed by atoms with Gasteiger partial charge in [0.05, 0.1) is 5.69 Å². The minimum absolute atomic E-state index is 0.143. The van der Waals surface area contributed by atoms with Crippen molar-refractivity contribution in [3.05, 3.63) is 23.5 Å². The average molecular weight is 353 g/mol. The predicted molar refractivity (Wildman–Crippen MR) is 90.6 cm³/mol. The summed E-state index contributed by atoms with van der Waals surface area (Å²) < 4.78 is 0. The molecular formula is C16H21ClN4O3. The monoisotopic (exact) mass is 352 g/mol. The number of aromatic nitrogens is 1. The highest BCUT2D eigenvalue weighted by Gasteiger charge is 2.47. The van der Waals surface area contributed by atoms with Crippen LogP contribution >= 0.6 is 11.6 Å². The van der Waals surface area contributed by atoms with Crippen molar-refractivity contribution in [3.8, 4) is 0 Å². The van der Waals surface area contributed by atoms with Gasteiger partial charge in [-0.2, -0.15) is 0 Å². The van der Waals surface area contributed by atoms with Crippen LogP contribution in [-0.4, -0.2) is 39.8 Å². The first-order valence-electron chi connectivity index (χ1n) is 7.77. The maximum Gasteiger partial charge on any atom is 0.325 e. The molecule has 8 heteroatoms. The quantitative estimate of drug-likeness (QED) is 0.607. The molecular weight excluding hydrogens is 332 g/mol. The topological polar surface area (TPSA) is 91.4 Å². The number of halogens is 1. The number of carbonyl (C=O) groups excluding carboxylic acids is 3. The fraction of sp³-hybridized carbons (Fsp3) is 0.500. The Labute approximate surface area is 145 Å². The summed E-state index contributed by atoms with van der Waals surface area (Å²) in [6, 6.07) is 2.66. The second-order valence-electron chi connectivity index (χ2n) is 6.48. The highest BCUT2D eigenvalue weighted by Crippen LogP contribution is 2.25. The highest BCUT2D eigenvalue weighted by atomic mass is 35.5. The first-order chi connectivity index (χ1) is 11.2. The van der Waals surface area contributed by atoms with Crippen LogP contribution in [0.3, 0.4) is 0 Å². The van der Waals surface area contributed by atoms with E-state index in [-0.39, 0.29) is 17.6 Å². The molecule has 1 saturated heterocycles. The van der Waals surface area contributed by atoms with Gasteiger partial charge in [-0.15, -0.1) is 0 Å². The van der Waals surface area contributed by atoms with E-state index in [4.69, 9.17) is 11.6 Å². The van der Waals surface area contributed by atoms with Crippen LogP contribution in [0.1, 0.15) is 33.6 Å². The number of hydrogen-bond acceptors (Lipinski definition) is 4. The lowest BCUT2D eigenvalue weighted by atomic mass is 9.92. The summed E-state index contributed by atoms with van der Waals surface area (Å²) in [5, 5.41) is 5.38. The van der Waals surface area contributed by atoms with E-state index in [1.165, 1.54) is 6.20 Å². The molecule has 1 aliphatic heterocycles.